The third kappa shape index (κ3) is 3.53. The Morgan fingerprint density at radius 3 is 2.72 bits per heavy atom. The van der Waals surface area contributed by atoms with Gasteiger partial charge in [-0.15, -0.1) is 11.8 Å². The fraction of sp³-hybridized carbons (Fsp3) is 0.158. The Morgan fingerprint density at radius 2 is 1.92 bits per heavy atom. The number of hydrogen-bond donors (Lipinski definition) is 2. The summed E-state index contributed by atoms with van der Waals surface area (Å²) in [5.41, 5.74) is 3.25. The Hall–Kier alpha value is -2.73. The molecule has 3 aromatic rings. The molecule has 0 radical (unpaired) electrons. The summed E-state index contributed by atoms with van der Waals surface area (Å²) in [6.07, 6.45) is 1.78. The minimum absolute atomic E-state index is 0.0131. The average Bonchev–Trinajstić information content (AvgIpc) is 3.03. The van der Waals surface area contributed by atoms with Crippen LogP contribution in [0, 0.1) is 0 Å². The Bertz CT molecular complexity index is 862. The first-order valence-electron chi connectivity index (χ1n) is 8.01. The molecule has 1 aliphatic rings. The summed E-state index contributed by atoms with van der Waals surface area (Å²) >= 11 is 1.60. The predicted molar refractivity (Wildman–Crippen MR) is 98.7 cm³/mol. The SMILES string of the molecule is O=C1CS[C@@H](c2ccc(OCc3ccccc3)cc2)c2cn[nH]c2N1. The highest BCUT2D eigenvalue weighted by Gasteiger charge is 2.25. The molecule has 6 heteroatoms. The van der Waals surface area contributed by atoms with E-state index >= 15 is 0 Å². The molecule has 5 nitrogen and oxygen atoms in total. The van der Waals surface area contributed by atoms with Crippen LogP contribution in [0.3, 0.4) is 0 Å². The molecular weight excluding hydrogens is 334 g/mol. The molecule has 1 atom stereocenters. The first-order valence-corrected chi connectivity index (χ1v) is 9.06. The van der Waals surface area contributed by atoms with Gasteiger partial charge < -0.3 is 10.1 Å². The zero-order chi connectivity index (χ0) is 17.1. The number of ether oxygens (including phenoxy) is 1. The molecule has 1 amide bonds. The number of nitrogens with one attached hydrogen (secondary N) is 2. The van der Waals surface area contributed by atoms with E-state index in [0.29, 0.717) is 18.2 Å². The zero-order valence-electron chi connectivity index (χ0n) is 13.4. The highest BCUT2D eigenvalue weighted by atomic mass is 32.2. The lowest BCUT2D eigenvalue weighted by Gasteiger charge is -2.14. The van der Waals surface area contributed by atoms with Crippen LogP contribution in [0.15, 0.2) is 60.8 Å². The number of rotatable bonds is 4. The van der Waals surface area contributed by atoms with Gasteiger partial charge in [0.15, 0.2) is 0 Å². The van der Waals surface area contributed by atoms with Crippen LogP contribution in [0.5, 0.6) is 5.75 Å². The fourth-order valence-electron chi connectivity index (χ4n) is 2.77. The number of nitrogens with zero attached hydrogens (tertiary/aromatic N) is 1. The third-order valence-corrected chi connectivity index (χ3v) is 5.32. The highest BCUT2D eigenvalue weighted by molar-refractivity contribution is 8.00. The number of amides is 1. The standard InChI is InChI=1S/C19H17N3O2S/c23-17-12-25-18(16-10-20-22-19(16)21-17)14-6-8-15(9-7-14)24-11-13-4-2-1-3-5-13/h1-10,18H,11-12H2,(H2,20,21,22,23)/t18-/m0/s1. The van der Waals surface area contributed by atoms with Crippen LogP contribution in [-0.4, -0.2) is 21.9 Å². The van der Waals surface area contributed by atoms with E-state index in [-0.39, 0.29) is 11.2 Å². The molecule has 1 aromatic heterocycles. The number of carbonyl (C=O) groups is 1. The van der Waals surface area contributed by atoms with Gasteiger partial charge in [0.2, 0.25) is 5.91 Å². The van der Waals surface area contributed by atoms with Crippen molar-refractivity contribution in [1.82, 2.24) is 10.2 Å². The summed E-state index contributed by atoms with van der Waals surface area (Å²) < 4.78 is 5.84. The van der Waals surface area contributed by atoms with Crippen LogP contribution in [0.1, 0.15) is 21.9 Å². The van der Waals surface area contributed by atoms with Crippen molar-refractivity contribution < 1.29 is 9.53 Å². The largest absolute Gasteiger partial charge is 0.489 e. The molecule has 0 spiro atoms. The predicted octanol–water partition coefficient (Wildman–Crippen LogP) is 3.76. The summed E-state index contributed by atoms with van der Waals surface area (Å²) in [6.45, 7) is 0.544. The number of benzene rings is 2. The van der Waals surface area contributed by atoms with E-state index in [0.717, 1.165) is 22.4 Å². The van der Waals surface area contributed by atoms with E-state index in [1.54, 1.807) is 18.0 Å². The molecule has 0 bridgehead atoms. The minimum atomic E-state index is -0.0131. The van der Waals surface area contributed by atoms with Crippen LogP contribution < -0.4 is 10.1 Å². The van der Waals surface area contributed by atoms with Crippen molar-refractivity contribution in [2.75, 3.05) is 11.1 Å². The van der Waals surface area contributed by atoms with E-state index < -0.39 is 0 Å². The van der Waals surface area contributed by atoms with E-state index in [9.17, 15) is 4.79 Å². The molecule has 2 aromatic carbocycles. The molecule has 1 aliphatic heterocycles. The van der Waals surface area contributed by atoms with Crippen LogP contribution in [0.2, 0.25) is 0 Å². The first-order chi connectivity index (χ1) is 12.3. The van der Waals surface area contributed by atoms with Crippen molar-refractivity contribution in [3.8, 4) is 5.75 Å². The van der Waals surface area contributed by atoms with E-state index in [1.165, 1.54) is 0 Å². The molecule has 0 fully saturated rings. The quantitative estimate of drug-likeness (QED) is 0.751. The molecule has 0 saturated heterocycles. The van der Waals surface area contributed by atoms with Crippen molar-refractivity contribution in [3.05, 3.63) is 77.5 Å². The number of H-pyrrole nitrogens is 1. The van der Waals surface area contributed by atoms with Gasteiger partial charge in [-0.05, 0) is 23.3 Å². The molecule has 25 heavy (non-hydrogen) atoms. The fourth-order valence-corrected chi connectivity index (χ4v) is 3.87. The molecule has 0 saturated carbocycles. The third-order valence-electron chi connectivity index (χ3n) is 4.03. The minimum Gasteiger partial charge on any atom is -0.489 e. The van der Waals surface area contributed by atoms with Gasteiger partial charge in [-0.1, -0.05) is 42.5 Å². The van der Waals surface area contributed by atoms with E-state index in [1.807, 2.05) is 54.6 Å². The Morgan fingerprint density at radius 1 is 1.12 bits per heavy atom. The Balaban J connectivity index is 1.50. The maximum absolute atomic E-state index is 11.8. The summed E-state index contributed by atoms with van der Waals surface area (Å²) in [4.78, 5) is 11.8. The molecule has 2 N–H and O–H groups in total. The van der Waals surface area contributed by atoms with Crippen molar-refractivity contribution in [2.24, 2.45) is 0 Å². The summed E-state index contributed by atoms with van der Waals surface area (Å²) in [5.74, 6) is 1.91. The number of aromatic amines is 1. The topological polar surface area (TPSA) is 67.0 Å². The van der Waals surface area contributed by atoms with Gasteiger partial charge in [-0.25, -0.2) is 0 Å². The number of fused-ring (bicyclic) bond motifs is 1. The number of thioether (sulfide) groups is 1. The molecular formula is C19H17N3O2S. The number of aromatic nitrogens is 2. The maximum atomic E-state index is 11.8. The first kappa shape index (κ1) is 15.8. The van der Waals surface area contributed by atoms with Gasteiger partial charge in [0, 0.05) is 5.56 Å². The Labute approximate surface area is 149 Å². The van der Waals surface area contributed by atoms with Crippen molar-refractivity contribution in [2.45, 2.75) is 11.9 Å². The lowest BCUT2D eigenvalue weighted by molar-refractivity contribution is -0.113. The second kappa shape index (κ2) is 7.03. The van der Waals surface area contributed by atoms with Gasteiger partial charge in [-0.2, -0.15) is 5.10 Å². The van der Waals surface area contributed by atoms with Gasteiger partial charge in [0.25, 0.3) is 0 Å². The molecule has 0 aliphatic carbocycles. The second-order valence-electron chi connectivity index (χ2n) is 5.78. The molecule has 2 heterocycles. The summed E-state index contributed by atoms with van der Waals surface area (Å²) in [5, 5.41) is 9.83. The van der Waals surface area contributed by atoms with Gasteiger partial charge in [0.1, 0.15) is 18.2 Å². The second-order valence-corrected chi connectivity index (χ2v) is 6.88. The molecule has 0 unspecified atom stereocenters. The van der Waals surface area contributed by atoms with Crippen LogP contribution in [-0.2, 0) is 11.4 Å². The van der Waals surface area contributed by atoms with Gasteiger partial charge >= 0.3 is 0 Å². The van der Waals surface area contributed by atoms with Crippen molar-refractivity contribution >= 4 is 23.5 Å². The summed E-state index contributed by atoms with van der Waals surface area (Å²) in [7, 11) is 0. The van der Waals surface area contributed by atoms with Gasteiger partial charge in [0.05, 0.1) is 17.2 Å². The van der Waals surface area contributed by atoms with Crippen LogP contribution in [0.25, 0.3) is 0 Å². The number of anilines is 1. The number of hydrogen-bond acceptors (Lipinski definition) is 4. The summed E-state index contributed by atoms with van der Waals surface area (Å²) in [6, 6.07) is 18.1. The van der Waals surface area contributed by atoms with Gasteiger partial charge in [-0.3, -0.25) is 9.89 Å². The zero-order valence-corrected chi connectivity index (χ0v) is 14.3. The smallest absolute Gasteiger partial charge is 0.235 e. The molecule has 4 rings (SSSR count). The van der Waals surface area contributed by atoms with Crippen LogP contribution >= 0.6 is 11.8 Å². The lowest BCUT2D eigenvalue weighted by Crippen LogP contribution is -2.12. The Kier molecular flexibility index (Phi) is 4.43. The monoisotopic (exact) mass is 351 g/mol. The normalized spacial score (nSPS) is 16.6. The van der Waals surface area contributed by atoms with Crippen LogP contribution in [0.4, 0.5) is 5.82 Å². The highest BCUT2D eigenvalue weighted by Crippen LogP contribution is 2.40. The lowest BCUT2D eigenvalue weighted by atomic mass is 10.1. The van der Waals surface area contributed by atoms with Crippen molar-refractivity contribution in [3.63, 3.8) is 0 Å². The maximum Gasteiger partial charge on any atom is 0.235 e. The molecule has 126 valence electrons. The average molecular weight is 351 g/mol. The number of carbonyl (C=O) groups excluding carboxylic acids is 1. The van der Waals surface area contributed by atoms with E-state index in [4.69, 9.17) is 4.74 Å². The van der Waals surface area contributed by atoms with Crippen molar-refractivity contribution in [1.29, 1.82) is 0 Å². The van der Waals surface area contributed by atoms with E-state index in [2.05, 4.69) is 15.5 Å².